The molecule has 2 fully saturated rings. The standard InChI is InChI=1S/C24H29N7O2/c32-23(10-13-31-18-25-20-7-3-2-6-19(20)24(31)33)30-16-14-29(15-17-30)22-9-8-21(26-27-22)28-11-4-1-5-12-28/h2-3,6-9,18H,1,4-5,10-17H2. The molecule has 33 heavy (non-hydrogen) atoms. The third-order valence-electron chi connectivity index (χ3n) is 6.57. The average molecular weight is 448 g/mol. The maximum atomic E-state index is 12.7. The zero-order valence-electron chi connectivity index (χ0n) is 18.8. The average Bonchev–Trinajstić information content (AvgIpc) is 2.89. The van der Waals surface area contributed by atoms with Crippen molar-refractivity contribution >= 4 is 28.4 Å². The topological polar surface area (TPSA) is 87.5 Å². The maximum absolute atomic E-state index is 12.7. The van der Waals surface area contributed by atoms with E-state index in [9.17, 15) is 9.59 Å². The van der Waals surface area contributed by atoms with Gasteiger partial charge in [0.25, 0.3) is 5.56 Å². The van der Waals surface area contributed by atoms with E-state index in [2.05, 4.69) is 31.0 Å². The molecule has 2 aromatic heterocycles. The minimum Gasteiger partial charge on any atom is -0.355 e. The van der Waals surface area contributed by atoms with Crippen LogP contribution in [0.5, 0.6) is 0 Å². The highest BCUT2D eigenvalue weighted by Crippen LogP contribution is 2.20. The molecule has 2 aliphatic heterocycles. The Hall–Kier alpha value is -3.49. The zero-order chi connectivity index (χ0) is 22.6. The summed E-state index contributed by atoms with van der Waals surface area (Å²) in [6, 6.07) is 11.4. The van der Waals surface area contributed by atoms with Crippen molar-refractivity contribution in [2.24, 2.45) is 0 Å². The molecule has 0 aliphatic carbocycles. The van der Waals surface area contributed by atoms with Crippen molar-refractivity contribution in [1.82, 2.24) is 24.6 Å². The van der Waals surface area contributed by atoms with Crippen molar-refractivity contribution in [1.29, 1.82) is 0 Å². The normalized spacial score (nSPS) is 16.9. The molecule has 0 N–H and O–H groups in total. The van der Waals surface area contributed by atoms with Gasteiger partial charge in [-0.25, -0.2) is 4.98 Å². The molecule has 0 bridgehead atoms. The number of amides is 1. The number of carbonyl (C=O) groups is 1. The molecule has 9 heteroatoms. The molecule has 9 nitrogen and oxygen atoms in total. The lowest BCUT2D eigenvalue weighted by Gasteiger charge is -2.35. The smallest absolute Gasteiger partial charge is 0.261 e. The van der Waals surface area contributed by atoms with Crippen LogP contribution in [0.15, 0.2) is 47.5 Å². The molecule has 1 amide bonds. The molecule has 172 valence electrons. The summed E-state index contributed by atoms with van der Waals surface area (Å²) in [5.74, 6) is 1.86. The molecule has 3 aromatic rings. The Labute approximate surface area is 192 Å². The number of rotatable bonds is 5. The van der Waals surface area contributed by atoms with Crippen LogP contribution in [0.3, 0.4) is 0 Å². The van der Waals surface area contributed by atoms with E-state index in [1.165, 1.54) is 30.2 Å². The molecule has 0 unspecified atom stereocenters. The number of para-hydroxylation sites is 1. The minimum absolute atomic E-state index is 0.0567. The van der Waals surface area contributed by atoms with Crippen molar-refractivity contribution < 1.29 is 4.79 Å². The van der Waals surface area contributed by atoms with Crippen molar-refractivity contribution in [3.63, 3.8) is 0 Å². The first-order valence-electron chi connectivity index (χ1n) is 11.7. The van der Waals surface area contributed by atoms with E-state index < -0.39 is 0 Å². The predicted octanol–water partition coefficient (Wildman–Crippen LogP) is 1.92. The summed E-state index contributed by atoms with van der Waals surface area (Å²) in [7, 11) is 0. The molecular weight excluding hydrogens is 418 g/mol. The number of anilines is 2. The Morgan fingerprint density at radius 2 is 1.48 bits per heavy atom. The highest BCUT2D eigenvalue weighted by Gasteiger charge is 2.22. The second-order valence-electron chi connectivity index (χ2n) is 8.68. The van der Waals surface area contributed by atoms with Gasteiger partial charge in [-0.3, -0.25) is 14.2 Å². The second-order valence-corrected chi connectivity index (χ2v) is 8.68. The van der Waals surface area contributed by atoms with Crippen molar-refractivity contribution in [2.45, 2.75) is 32.2 Å². The second kappa shape index (κ2) is 9.56. The largest absolute Gasteiger partial charge is 0.355 e. The molecule has 2 saturated heterocycles. The summed E-state index contributed by atoms with van der Waals surface area (Å²) >= 11 is 0. The molecule has 5 rings (SSSR count). The third kappa shape index (κ3) is 4.67. The van der Waals surface area contributed by atoms with Gasteiger partial charge in [0, 0.05) is 52.2 Å². The highest BCUT2D eigenvalue weighted by atomic mass is 16.2. The van der Waals surface area contributed by atoms with E-state index in [1.807, 2.05) is 29.2 Å². The molecule has 2 aliphatic rings. The predicted molar refractivity (Wildman–Crippen MR) is 128 cm³/mol. The van der Waals surface area contributed by atoms with Crippen LogP contribution in [-0.2, 0) is 11.3 Å². The van der Waals surface area contributed by atoms with E-state index in [4.69, 9.17) is 0 Å². The lowest BCUT2D eigenvalue weighted by atomic mass is 10.1. The van der Waals surface area contributed by atoms with Gasteiger partial charge in [-0.05, 0) is 43.5 Å². The summed E-state index contributed by atoms with van der Waals surface area (Å²) < 4.78 is 1.52. The Balaban J connectivity index is 1.14. The molecule has 0 spiro atoms. The number of fused-ring (bicyclic) bond motifs is 1. The SMILES string of the molecule is O=C(CCn1cnc2ccccc2c1=O)N1CCN(c2ccc(N3CCCCC3)nn2)CC1. The quantitative estimate of drug-likeness (QED) is 0.590. The lowest BCUT2D eigenvalue weighted by molar-refractivity contribution is -0.131. The molecule has 0 atom stereocenters. The first-order valence-corrected chi connectivity index (χ1v) is 11.7. The summed E-state index contributed by atoms with van der Waals surface area (Å²) in [6.45, 7) is 5.16. The monoisotopic (exact) mass is 447 g/mol. The Morgan fingerprint density at radius 1 is 0.818 bits per heavy atom. The van der Waals surface area contributed by atoms with Gasteiger partial charge in [0.1, 0.15) is 0 Å². The fourth-order valence-corrected chi connectivity index (χ4v) is 4.60. The fraction of sp³-hybridized carbons (Fsp3) is 0.458. The molecule has 1 aromatic carbocycles. The number of piperidine rings is 1. The van der Waals surface area contributed by atoms with E-state index in [1.54, 1.807) is 6.07 Å². The summed E-state index contributed by atoms with van der Waals surface area (Å²) in [6.07, 6.45) is 5.53. The van der Waals surface area contributed by atoms with Gasteiger partial charge in [0.05, 0.1) is 17.2 Å². The first kappa shape index (κ1) is 21.4. The van der Waals surface area contributed by atoms with E-state index in [-0.39, 0.29) is 17.9 Å². The van der Waals surface area contributed by atoms with Gasteiger partial charge in [0.15, 0.2) is 11.6 Å². The third-order valence-corrected chi connectivity index (χ3v) is 6.57. The van der Waals surface area contributed by atoms with Gasteiger partial charge in [-0.1, -0.05) is 12.1 Å². The number of carbonyl (C=O) groups excluding carboxylic acids is 1. The number of piperazine rings is 1. The summed E-state index contributed by atoms with van der Waals surface area (Å²) in [5.41, 5.74) is 0.568. The summed E-state index contributed by atoms with van der Waals surface area (Å²) in [4.78, 5) is 36.0. The van der Waals surface area contributed by atoms with Gasteiger partial charge >= 0.3 is 0 Å². The number of aromatic nitrogens is 4. The number of hydrogen-bond donors (Lipinski definition) is 0. The van der Waals surface area contributed by atoms with Gasteiger partial charge < -0.3 is 14.7 Å². The van der Waals surface area contributed by atoms with Gasteiger partial charge in [0.2, 0.25) is 5.91 Å². The molecular formula is C24H29N7O2. The van der Waals surface area contributed by atoms with Crippen LogP contribution in [0, 0.1) is 0 Å². The molecule has 0 saturated carbocycles. The van der Waals surface area contributed by atoms with Gasteiger partial charge in [-0.2, -0.15) is 0 Å². The molecule has 0 radical (unpaired) electrons. The van der Waals surface area contributed by atoms with E-state index >= 15 is 0 Å². The van der Waals surface area contributed by atoms with Crippen LogP contribution < -0.4 is 15.4 Å². The van der Waals surface area contributed by atoms with Crippen LogP contribution in [0.1, 0.15) is 25.7 Å². The lowest BCUT2D eigenvalue weighted by Crippen LogP contribution is -2.49. The van der Waals surface area contributed by atoms with Crippen LogP contribution in [-0.4, -0.2) is 69.8 Å². The van der Waals surface area contributed by atoms with E-state index in [0.29, 0.717) is 30.5 Å². The Bertz CT molecular complexity index is 1160. The van der Waals surface area contributed by atoms with Crippen molar-refractivity contribution in [3.05, 3.63) is 53.1 Å². The first-order chi connectivity index (χ1) is 16.2. The Morgan fingerprint density at radius 3 is 2.18 bits per heavy atom. The Kier molecular flexibility index (Phi) is 6.19. The fourth-order valence-electron chi connectivity index (χ4n) is 4.60. The van der Waals surface area contributed by atoms with Crippen LogP contribution >= 0.6 is 0 Å². The van der Waals surface area contributed by atoms with Crippen LogP contribution in [0.4, 0.5) is 11.6 Å². The maximum Gasteiger partial charge on any atom is 0.261 e. The minimum atomic E-state index is -0.107. The van der Waals surface area contributed by atoms with Gasteiger partial charge in [-0.15, -0.1) is 10.2 Å². The van der Waals surface area contributed by atoms with Crippen LogP contribution in [0.25, 0.3) is 10.9 Å². The zero-order valence-corrected chi connectivity index (χ0v) is 18.8. The summed E-state index contributed by atoms with van der Waals surface area (Å²) in [5, 5.41) is 9.46. The van der Waals surface area contributed by atoms with Crippen molar-refractivity contribution in [3.8, 4) is 0 Å². The van der Waals surface area contributed by atoms with Crippen LogP contribution in [0.2, 0.25) is 0 Å². The van der Waals surface area contributed by atoms with E-state index in [0.717, 1.165) is 37.8 Å². The molecule has 4 heterocycles. The number of nitrogens with zero attached hydrogens (tertiary/aromatic N) is 7. The number of benzene rings is 1. The highest BCUT2D eigenvalue weighted by molar-refractivity contribution is 5.77. The van der Waals surface area contributed by atoms with Crippen molar-refractivity contribution in [2.75, 3.05) is 49.1 Å². The number of aryl methyl sites for hydroxylation is 1. The number of hydrogen-bond acceptors (Lipinski definition) is 7.